The maximum atomic E-state index is 13.6. The number of carbonyl (C=O) groups is 1. The maximum Gasteiger partial charge on any atom is 0.227 e. The number of nitrogens with one attached hydrogen (secondary N) is 1. The fourth-order valence-corrected chi connectivity index (χ4v) is 2.24. The Labute approximate surface area is 129 Å². The Morgan fingerprint density at radius 2 is 1.86 bits per heavy atom. The lowest BCUT2D eigenvalue weighted by atomic mass is 10.00. The van der Waals surface area contributed by atoms with E-state index in [1.165, 1.54) is 6.07 Å². The zero-order valence-electron chi connectivity index (χ0n) is 12.6. The van der Waals surface area contributed by atoms with Gasteiger partial charge in [0, 0.05) is 18.2 Å². The normalized spacial score (nSPS) is 12.0. The van der Waals surface area contributed by atoms with Crippen molar-refractivity contribution in [1.29, 1.82) is 0 Å². The molecule has 0 saturated heterocycles. The average Bonchev–Trinajstić information content (AvgIpc) is 2.51. The molecule has 3 nitrogen and oxygen atoms in total. The van der Waals surface area contributed by atoms with Crippen LogP contribution < -0.4 is 5.32 Å². The van der Waals surface area contributed by atoms with Gasteiger partial charge in [0.2, 0.25) is 5.91 Å². The molecule has 0 spiro atoms. The highest BCUT2D eigenvalue weighted by Gasteiger charge is 2.15. The number of aliphatic hydroxyl groups is 1. The van der Waals surface area contributed by atoms with Gasteiger partial charge in [0.05, 0.1) is 0 Å². The van der Waals surface area contributed by atoms with E-state index in [4.69, 9.17) is 5.11 Å². The second-order valence-electron chi connectivity index (χ2n) is 5.36. The monoisotopic (exact) mass is 301 g/mol. The highest BCUT2D eigenvalue weighted by molar-refractivity contribution is 5.92. The van der Waals surface area contributed by atoms with Gasteiger partial charge < -0.3 is 10.4 Å². The van der Waals surface area contributed by atoms with Gasteiger partial charge in [-0.05, 0) is 42.2 Å². The van der Waals surface area contributed by atoms with E-state index in [0.29, 0.717) is 24.1 Å². The van der Waals surface area contributed by atoms with Gasteiger partial charge in [-0.2, -0.15) is 0 Å². The van der Waals surface area contributed by atoms with E-state index in [-0.39, 0.29) is 24.2 Å². The van der Waals surface area contributed by atoms with Crippen molar-refractivity contribution in [3.63, 3.8) is 0 Å². The van der Waals surface area contributed by atoms with E-state index < -0.39 is 0 Å². The van der Waals surface area contributed by atoms with Gasteiger partial charge in [-0.25, -0.2) is 4.39 Å². The molecule has 116 valence electrons. The summed E-state index contributed by atoms with van der Waals surface area (Å²) in [5, 5.41) is 11.7. The van der Waals surface area contributed by atoms with E-state index in [1.54, 1.807) is 37.3 Å². The van der Waals surface area contributed by atoms with Crippen molar-refractivity contribution in [2.75, 3.05) is 11.9 Å². The van der Waals surface area contributed by atoms with Crippen LogP contribution in [0.1, 0.15) is 18.1 Å². The van der Waals surface area contributed by atoms with E-state index in [0.717, 1.165) is 5.56 Å². The second-order valence-corrected chi connectivity index (χ2v) is 5.36. The Balaban J connectivity index is 1.95. The van der Waals surface area contributed by atoms with Crippen molar-refractivity contribution in [1.82, 2.24) is 0 Å². The van der Waals surface area contributed by atoms with Gasteiger partial charge >= 0.3 is 0 Å². The summed E-state index contributed by atoms with van der Waals surface area (Å²) in [6.07, 6.45) is 0.957. The molecule has 4 heteroatoms. The lowest BCUT2D eigenvalue weighted by Gasteiger charge is -2.13. The fraction of sp³-hybridized carbons (Fsp3) is 0.278. The van der Waals surface area contributed by atoms with Crippen LogP contribution in [0.5, 0.6) is 0 Å². The molecule has 1 amide bonds. The van der Waals surface area contributed by atoms with Crippen LogP contribution in [0.2, 0.25) is 0 Å². The van der Waals surface area contributed by atoms with E-state index in [1.807, 2.05) is 12.1 Å². The van der Waals surface area contributed by atoms with Crippen molar-refractivity contribution in [2.24, 2.45) is 5.92 Å². The molecule has 0 heterocycles. The van der Waals surface area contributed by atoms with Crippen LogP contribution in [-0.4, -0.2) is 17.6 Å². The first-order chi connectivity index (χ1) is 10.6. The van der Waals surface area contributed by atoms with E-state index in [9.17, 15) is 9.18 Å². The molecular formula is C18H20FNO2. The van der Waals surface area contributed by atoms with Crippen molar-refractivity contribution < 1.29 is 14.3 Å². The van der Waals surface area contributed by atoms with Gasteiger partial charge in [0.25, 0.3) is 0 Å². The smallest absolute Gasteiger partial charge is 0.227 e. The molecule has 0 bridgehead atoms. The molecular weight excluding hydrogens is 281 g/mol. The van der Waals surface area contributed by atoms with Crippen LogP contribution in [0.3, 0.4) is 0 Å². The predicted octanol–water partition coefficient (Wildman–Crippen LogP) is 3.18. The number of carbonyl (C=O) groups excluding carboxylic acids is 1. The van der Waals surface area contributed by atoms with Gasteiger partial charge in [0.15, 0.2) is 0 Å². The number of hydrogen-bond acceptors (Lipinski definition) is 2. The Morgan fingerprint density at radius 3 is 2.50 bits per heavy atom. The highest BCUT2D eigenvalue weighted by Crippen LogP contribution is 2.16. The number of benzene rings is 2. The molecule has 1 atom stereocenters. The quantitative estimate of drug-likeness (QED) is 0.861. The zero-order valence-corrected chi connectivity index (χ0v) is 12.6. The van der Waals surface area contributed by atoms with Gasteiger partial charge in [-0.1, -0.05) is 37.3 Å². The molecule has 0 aliphatic carbocycles. The van der Waals surface area contributed by atoms with Gasteiger partial charge in [0.1, 0.15) is 5.82 Å². The minimum absolute atomic E-state index is 0.103. The lowest BCUT2D eigenvalue weighted by Crippen LogP contribution is -2.22. The molecule has 0 saturated carbocycles. The van der Waals surface area contributed by atoms with Crippen LogP contribution in [0, 0.1) is 11.7 Å². The molecule has 1 unspecified atom stereocenters. The summed E-state index contributed by atoms with van der Waals surface area (Å²) in [5.74, 6) is -0.748. The van der Waals surface area contributed by atoms with Crippen LogP contribution in [0.15, 0.2) is 48.5 Å². The Morgan fingerprint density at radius 1 is 1.18 bits per heavy atom. The number of aliphatic hydroxyl groups excluding tert-OH is 1. The molecule has 0 aliphatic rings. The van der Waals surface area contributed by atoms with Crippen molar-refractivity contribution in [3.8, 4) is 0 Å². The van der Waals surface area contributed by atoms with E-state index >= 15 is 0 Å². The first-order valence-electron chi connectivity index (χ1n) is 7.34. The summed E-state index contributed by atoms with van der Waals surface area (Å²) in [6, 6.07) is 13.8. The summed E-state index contributed by atoms with van der Waals surface area (Å²) < 4.78 is 13.6. The topological polar surface area (TPSA) is 49.3 Å². The Bertz CT molecular complexity index is 625. The number of anilines is 1. The summed E-state index contributed by atoms with van der Waals surface area (Å²) >= 11 is 0. The highest BCUT2D eigenvalue weighted by atomic mass is 19.1. The van der Waals surface area contributed by atoms with Gasteiger partial charge in [-0.3, -0.25) is 4.79 Å². The Hall–Kier alpha value is -2.20. The molecule has 0 radical (unpaired) electrons. The van der Waals surface area contributed by atoms with Crippen LogP contribution in [0.4, 0.5) is 10.1 Å². The number of rotatable bonds is 6. The Kier molecular flexibility index (Phi) is 5.67. The summed E-state index contributed by atoms with van der Waals surface area (Å²) in [4.78, 5) is 12.2. The molecule has 2 rings (SSSR count). The standard InChI is InChI=1S/C18H20FNO2/c1-13(12-15-4-2-3-5-17(15)19)18(22)20-16-8-6-14(7-9-16)10-11-21/h2-9,13,21H,10-12H2,1H3,(H,20,22). The van der Waals surface area contributed by atoms with Crippen molar-refractivity contribution >= 4 is 11.6 Å². The molecule has 2 aromatic rings. The predicted molar refractivity (Wildman–Crippen MR) is 85.1 cm³/mol. The molecule has 0 aromatic heterocycles. The maximum absolute atomic E-state index is 13.6. The summed E-state index contributed by atoms with van der Waals surface area (Å²) in [7, 11) is 0. The van der Waals surface area contributed by atoms with Crippen LogP contribution in [-0.2, 0) is 17.6 Å². The minimum Gasteiger partial charge on any atom is -0.396 e. The third-order valence-electron chi connectivity index (χ3n) is 3.55. The molecule has 0 aliphatic heterocycles. The number of hydrogen-bond donors (Lipinski definition) is 2. The van der Waals surface area contributed by atoms with Crippen molar-refractivity contribution in [2.45, 2.75) is 19.8 Å². The fourth-order valence-electron chi connectivity index (χ4n) is 2.24. The zero-order chi connectivity index (χ0) is 15.9. The lowest BCUT2D eigenvalue weighted by molar-refractivity contribution is -0.119. The minimum atomic E-state index is -0.325. The van der Waals surface area contributed by atoms with E-state index in [2.05, 4.69) is 5.32 Å². The molecule has 22 heavy (non-hydrogen) atoms. The average molecular weight is 301 g/mol. The number of halogens is 1. The van der Waals surface area contributed by atoms with Crippen LogP contribution in [0.25, 0.3) is 0 Å². The third kappa shape index (κ3) is 4.40. The second kappa shape index (κ2) is 7.71. The van der Waals surface area contributed by atoms with Gasteiger partial charge in [-0.15, -0.1) is 0 Å². The first-order valence-corrected chi connectivity index (χ1v) is 7.34. The number of amides is 1. The molecule has 2 N–H and O–H groups in total. The van der Waals surface area contributed by atoms with Crippen molar-refractivity contribution in [3.05, 3.63) is 65.5 Å². The largest absolute Gasteiger partial charge is 0.396 e. The first kappa shape index (κ1) is 16.2. The molecule has 0 fully saturated rings. The summed E-state index contributed by atoms with van der Waals surface area (Å²) in [5.41, 5.74) is 2.26. The SMILES string of the molecule is CC(Cc1ccccc1F)C(=O)Nc1ccc(CCO)cc1. The summed E-state index contributed by atoms with van der Waals surface area (Å²) in [6.45, 7) is 1.88. The third-order valence-corrected chi connectivity index (χ3v) is 3.55. The van der Waals surface area contributed by atoms with Crippen LogP contribution >= 0.6 is 0 Å². The molecule has 2 aromatic carbocycles.